The highest BCUT2D eigenvalue weighted by Crippen LogP contribution is 2.69. The van der Waals surface area contributed by atoms with Crippen LogP contribution in [0.2, 0.25) is 0 Å². The van der Waals surface area contributed by atoms with Gasteiger partial charge in [-0.2, -0.15) is 0 Å². The Hall–Kier alpha value is -2.17. The summed E-state index contributed by atoms with van der Waals surface area (Å²) < 4.78 is 4.80. The highest BCUT2D eigenvalue weighted by molar-refractivity contribution is 5.74. The predicted molar refractivity (Wildman–Crippen MR) is 163 cm³/mol. The lowest BCUT2D eigenvalue weighted by molar-refractivity contribution is -0.156. The van der Waals surface area contributed by atoms with Gasteiger partial charge in [0.05, 0.1) is 12.7 Å². The number of rotatable bonds is 6. The summed E-state index contributed by atoms with van der Waals surface area (Å²) in [5.74, 6) is 3.14. The van der Waals surface area contributed by atoms with Gasteiger partial charge in [-0.3, -0.25) is 0 Å². The third kappa shape index (κ3) is 4.87. The van der Waals surface area contributed by atoms with Crippen molar-refractivity contribution in [3.63, 3.8) is 0 Å². The number of hydrogen-bond donors (Lipinski definition) is 2. The Bertz CT molecular complexity index is 1230. The molecule has 4 aliphatic rings. The standard InChI is InChI=1S/C37H50O4/c1-24(22-33(38)34(39)41-4)30-16-17-31-29-15-14-28-23-37(40,21-20-35(28,2)32(29)18-19-36(30,31)3)27-12-10-26(11-13-27)25-8-6-5-7-9-25/h5-13,24,28-33,38,40H,14-23H2,1-4H3/t24-,28-,29+,30-,31+,32+,33?,35+,36-,37+/m1/s1. The van der Waals surface area contributed by atoms with Crippen molar-refractivity contribution >= 4 is 5.97 Å². The molecule has 2 N–H and O–H groups in total. The highest BCUT2D eigenvalue weighted by Gasteiger charge is 2.61. The van der Waals surface area contributed by atoms with Crippen LogP contribution in [-0.4, -0.2) is 29.4 Å². The number of ether oxygens (including phenoxy) is 1. The molecule has 6 rings (SSSR count). The minimum absolute atomic E-state index is 0.287. The molecule has 0 heterocycles. The second-order valence-electron chi connectivity index (χ2n) is 14.8. The lowest BCUT2D eigenvalue weighted by Gasteiger charge is -2.62. The van der Waals surface area contributed by atoms with Crippen LogP contribution in [0, 0.1) is 46.3 Å². The molecule has 0 bridgehead atoms. The molecule has 2 aromatic carbocycles. The van der Waals surface area contributed by atoms with Crippen LogP contribution >= 0.6 is 0 Å². The van der Waals surface area contributed by atoms with Gasteiger partial charge in [0, 0.05) is 0 Å². The zero-order chi connectivity index (χ0) is 29.0. The summed E-state index contributed by atoms with van der Waals surface area (Å²) in [5, 5.41) is 22.4. The van der Waals surface area contributed by atoms with Crippen LogP contribution in [0.25, 0.3) is 11.1 Å². The van der Waals surface area contributed by atoms with Gasteiger partial charge in [-0.15, -0.1) is 0 Å². The van der Waals surface area contributed by atoms with E-state index in [2.05, 4.69) is 69.3 Å². The molecule has 10 atom stereocenters. The van der Waals surface area contributed by atoms with Crippen LogP contribution in [0.15, 0.2) is 54.6 Å². The Kier molecular flexibility index (Phi) is 7.64. The SMILES string of the molecule is COC(=O)C(O)C[C@@H](C)[C@H]1CC[C@H]2[C@@H]3CC[C@@H]4C[C@](O)(c5ccc(-c6ccccc6)cc5)CC[C@]4(C)[C@H]3CC[C@]12C. The van der Waals surface area contributed by atoms with Crippen molar-refractivity contribution in [2.45, 2.75) is 96.7 Å². The molecule has 4 saturated carbocycles. The van der Waals surface area contributed by atoms with E-state index in [0.29, 0.717) is 29.6 Å². The first-order valence-corrected chi connectivity index (χ1v) is 16.2. The van der Waals surface area contributed by atoms with E-state index < -0.39 is 17.7 Å². The fourth-order valence-electron chi connectivity index (χ4n) is 10.8. The molecule has 4 aliphatic carbocycles. The van der Waals surface area contributed by atoms with Crippen LogP contribution < -0.4 is 0 Å². The predicted octanol–water partition coefficient (Wildman–Crippen LogP) is 7.76. The van der Waals surface area contributed by atoms with Gasteiger partial charge in [-0.25, -0.2) is 4.79 Å². The van der Waals surface area contributed by atoms with Crippen LogP contribution in [-0.2, 0) is 15.1 Å². The number of aliphatic hydroxyl groups excluding tert-OH is 1. The summed E-state index contributed by atoms with van der Waals surface area (Å²) in [6.45, 7) is 7.33. The first-order valence-electron chi connectivity index (χ1n) is 16.2. The molecule has 0 aliphatic heterocycles. The van der Waals surface area contributed by atoms with Crippen molar-refractivity contribution in [1.29, 1.82) is 0 Å². The summed E-state index contributed by atoms with van der Waals surface area (Å²) >= 11 is 0. The van der Waals surface area contributed by atoms with Gasteiger partial charge in [-0.1, -0.05) is 75.4 Å². The molecule has 0 radical (unpaired) electrons. The van der Waals surface area contributed by atoms with Crippen molar-refractivity contribution in [1.82, 2.24) is 0 Å². The molecule has 2 aromatic rings. The van der Waals surface area contributed by atoms with E-state index >= 15 is 0 Å². The number of carbonyl (C=O) groups is 1. The third-order valence-electron chi connectivity index (χ3n) is 13.1. The quantitative estimate of drug-likeness (QED) is 0.356. The number of fused-ring (bicyclic) bond motifs is 5. The summed E-state index contributed by atoms with van der Waals surface area (Å²) in [4.78, 5) is 11.9. The van der Waals surface area contributed by atoms with Gasteiger partial charge in [0.25, 0.3) is 0 Å². The normalized spacial score (nSPS) is 39.6. The summed E-state index contributed by atoms with van der Waals surface area (Å²) in [6, 6.07) is 19.2. The molecule has 0 saturated heterocycles. The number of methoxy groups -OCH3 is 1. The fraction of sp³-hybridized carbons (Fsp3) is 0.649. The molecule has 4 nitrogen and oxygen atoms in total. The first-order chi connectivity index (χ1) is 19.6. The monoisotopic (exact) mass is 558 g/mol. The molecule has 0 amide bonds. The second-order valence-corrected chi connectivity index (χ2v) is 14.8. The molecule has 222 valence electrons. The van der Waals surface area contributed by atoms with Gasteiger partial charge >= 0.3 is 5.97 Å². The average Bonchev–Trinajstić information content (AvgIpc) is 3.35. The van der Waals surface area contributed by atoms with Gasteiger partial charge in [0.1, 0.15) is 0 Å². The van der Waals surface area contributed by atoms with Crippen molar-refractivity contribution in [2.75, 3.05) is 7.11 Å². The molecular weight excluding hydrogens is 508 g/mol. The van der Waals surface area contributed by atoms with Crippen LogP contribution in [0.5, 0.6) is 0 Å². The first kappa shape index (κ1) is 28.9. The van der Waals surface area contributed by atoms with Gasteiger partial charge in [0.15, 0.2) is 6.10 Å². The minimum Gasteiger partial charge on any atom is -0.467 e. The lowest BCUT2D eigenvalue weighted by atomic mass is 9.43. The molecular formula is C37H50O4. The Morgan fingerprint density at radius 3 is 2.27 bits per heavy atom. The Morgan fingerprint density at radius 1 is 0.878 bits per heavy atom. The molecule has 4 fully saturated rings. The molecule has 0 aromatic heterocycles. The number of hydrogen-bond acceptors (Lipinski definition) is 4. The smallest absolute Gasteiger partial charge is 0.334 e. The van der Waals surface area contributed by atoms with Crippen molar-refractivity contribution in [2.24, 2.45) is 46.3 Å². The zero-order valence-corrected chi connectivity index (χ0v) is 25.5. The maximum Gasteiger partial charge on any atom is 0.334 e. The Morgan fingerprint density at radius 2 is 1.56 bits per heavy atom. The largest absolute Gasteiger partial charge is 0.467 e. The van der Waals surface area contributed by atoms with E-state index in [1.165, 1.54) is 56.8 Å². The lowest BCUT2D eigenvalue weighted by Crippen LogP contribution is -2.55. The van der Waals surface area contributed by atoms with E-state index in [1.807, 2.05) is 6.07 Å². The van der Waals surface area contributed by atoms with Crippen LogP contribution in [0.4, 0.5) is 0 Å². The van der Waals surface area contributed by atoms with Crippen molar-refractivity contribution in [3.05, 3.63) is 60.2 Å². The van der Waals surface area contributed by atoms with E-state index in [-0.39, 0.29) is 5.41 Å². The zero-order valence-electron chi connectivity index (χ0n) is 25.5. The minimum atomic E-state index is -1.01. The van der Waals surface area contributed by atoms with E-state index in [9.17, 15) is 15.0 Å². The molecule has 1 unspecified atom stereocenters. The van der Waals surface area contributed by atoms with Gasteiger partial charge in [0.2, 0.25) is 0 Å². The van der Waals surface area contributed by atoms with Crippen molar-refractivity contribution < 1.29 is 19.7 Å². The van der Waals surface area contributed by atoms with Crippen LogP contribution in [0.3, 0.4) is 0 Å². The topological polar surface area (TPSA) is 66.8 Å². The number of esters is 1. The molecule has 4 heteroatoms. The van der Waals surface area contributed by atoms with Gasteiger partial charge in [-0.05, 0) is 127 Å². The maximum absolute atomic E-state index is 12.0. The Balaban J connectivity index is 1.15. The number of benzene rings is 2. The number of carbonyl (C=O) groups excluding carboxylic acids is 1. The maximum atomic E-state index is 12.0. The van der Waals surface area contributed by atoms with Crippen molar-refractivity contribution in [3.8, 4) is 11.1 Å². The second kappa shape index (κ2) is 10.8. The van der Waals surface area contributed by atoms with E-state index in [4.69, 9.17) is 4.74 Å². The highest BCUT2D eigenvalue weighted by atomic mass is 16.5. The number of aliphatic hydroxyl groups is 2. The fourth-order valence-corrected chi connectivity index (χ4v) is 10.8. The van der Waals surface area contributed by atoms with E-state index in [0.717, 1.165) is 42.6 Å². The molecule has 0 spiro atoms. The van der Waals surface area contributed by atoms with Gasteiger partial charge < -0.3 is 14.9 Å². The third-order valence-corrected chi connectivity index (χ3v) is 13.1. The van der Waals surface area contributed by atoms with Crippen LogP contribution in [0.1, 0.15) is 90.5 Å². The molecule has 41 heavy (non-hydrogen) atoms. The van der Waals surface area contributed by atoms with E-state index in [1.54, 1.807) is 0 Å². The summed E-state index contributed by atoms with van der Waals surface area (Å²) in [6.07, 6.45) is 9.81. The average molecular weight is 559 g/mol. The Labute approximate surface area is 246 Å². The summed E-state index contributed by atoms with van der Waals surface area (Å²) in [7, 11) is 1.36. The summed E-state index contributed by atoms with van der Waals surface area (Å²) in [5.41, 5.74) is 3.35.